The minimum Gasteiger partial charge on any atom is -0.508 e. The fraction of sp³-hybridized carbons (Fsp3) is 0.450. The summed E-state index contributed by atoms with van der Waals surface area (Å²) in [7, 11) is 0. The van der Waals surface area contributed by atoms with E-state index in [4.69, 9.17) is 4.74 Å². The molecule has 1 aromatic carbocycles. The van der Waals surface area contributed by atoms with Crippen molar-refractivity contribution >= 4 is 17.2 Å². The molecular weight excluding hydrogens is 334 g/mol. The highest BCUT2D eigenvalue weighted by atomic mass is 32.1. The second-order valence-electron chi connectivity index (χ2n) is 6.50. The lowest BCUT2D eigenvalue weighted by atomic mass is 10.1. The Morgan fingerprint density at radius 2 is 2.16 bits per heavy atom. The van der Waals surface area contributed by atoms with Gasteiger partial charge in [0.05, 0.1) is 11.0 Å². The number of carbonyl (C=O) groups excluding carboxylic acids is 1. The normalized spacial score (nSPS) is 17.0. The molecule has 1 fully saturated rings. The largest absolute Gasteiger partial charge is 0.508 e. The minimum atomic E-state index is 0.0200. The number of para-hydroxylation sites is 1. The lowest BCUT2D eigenvalue weighted by molar-refractivity contribution is 0.0509. The van der Waals surface area contributed by atoms with E-state index in [1.165, 1.54) is 10.4 Å². The Morgan fingerprint density at radius 3 is 2.80 bits per heavy atom. The Kier molecular flexibility index (Phi) is 5.76. The van der Waals surface area contributed by atoms with E-state index in [0.29, 0.717) is 13.1 Å². The molecule has 2 heterocycles. The van der Waals surface area contributed by atoms with Crippen LogP contribution in [-0.2, 0) is 17.7 Å². The van der Waals surface area contributed by atoms with Gasteiger partial charge in [-0.15, -0.1) is 11.3 Å². The minimum absolute atomic E-state index is 0.0200. The Balaban J connectivity index is 1.83. The van der Waals surface area contributed by atoms with Gasteiger partial charge in [-0.1, -0.05) is 25.1 Å². The van der Waals surface area contributed by atoms with Crippen molar-refractivity contribution in [3.05, 3.63) is 51.2 Å². The maximum atomic E-state index is 13.1. The SMILES string of the molecule is CCc1cc(C(=O)N(Cc2ccccc2O)CC2CCCO2)sc1C. The zero-order valence-corrected chi connectivity index (χ0v) is 15.6. The van der Waals surface area contributed by atoms with Crippen molar-refractivity contribution in [1.29, 1.82) is 0 Å². The van der Waals surface area contributed by atoms with Gasteiger partial charge in [-0.2, -0.15) is 0 Å². The number of aromatic hydroxyl groups is 1. The summed E-state index contributed by atoms with van der Waals surface area (Å²) < 4.78 is 5.73. The summed E-state index contributed by atoms with van der Waals surface area (Å²) in [6.07, 6.45) is 3.04. The standard InChI is InChI=1S/C20H25NO3S/c1-3-15-11-19(25-14(15)2)20(23)21(13-17-8-6-10-24-17)12-16-7-4-5-9-18(16)22/h4-5,7,9,11,17,22H,3,6,8,10,12-13H2,1-2H3. The number of aryl methyl sites for hydroxylation is 2. The van der Waals surface area contributed by atoms with Crippen molar-refractivity contribution in [2.24, 2.45) is 0 Å². The lowest BCUT2D eigenvalue weighted by Gasteiger charge is -2.25. The van der Waals surface area contributed by atoms with Crippen LogP contribution in [0.2, 0.25) is 0 Å². The van der Waals surface area contributed by atoms with E-state index < -0.39 is 0 Å². The molecule has 0 radical (unpaired) electrons. The van der Waals surface area contributed by atoms with Crippen LogP contribution in [0, 0.1) is 6.92 Å². The molecule has 3 rings (SSSR count). The number of ether oxygens (including phenoxy) is 1. The van der Waals surface area contributed by atoms with Crippen LogP contribution in [0.1, 0.15) is 45.4 Å². The van der Waals surface area contributed by atoms with Crippen molar-refractivity contribution in [2.45, 2.75) is 45.8 Å². The zero-order valence-electron chi connectivity index (χ0n) is 14.8. The molecule has 0 saturated carbocycles. The predicted octanol–water partition coefficient (Wildman–Crippen LogP) is 4.15. The summed E-state index contributed by atoms with van der Waals surface area (Å²) in [6.45, 7) is 5.89. The van der Waals surface area contributed by atoms with Crippen molar-refractivity contribution in [1.82, 2.24) is 4.90 Å². The number of rotatable bonds is 6. The molecule has 1 aliphatic rings. The Labute approximate surface area is 153 Å². The number of thiophene rings is 1. The van der Waals surface area contributed by atoms with Crippen LogP contribution in [0.5, 0.6) is 5.75 Å². The molecule has 25 heavy (non-hydrogen) atoms. The van der Waals surface area contributed by atoms with Crippen molar-refractivity contribution in [3.63, 3.8) is 0 Å². The van der Waals surface area contributed by atoms with Gasteiger partial charge < -0.3 is 14.7 Å². The summed E-state index contributed by atoms with van der Waals surface area (Å²) in [4.78, 5) is 16.9. The van der Waals surface area contributed by atoms with Crippen molar-refractivity contribution < 1.29 is 14.6 Å². The van der Waals surface area contributed by atoms with Crippen LogP contribution in [0.25, 0.3) is 0 Å². The Morgan fingerprint density at radius 1 is 1.36 bits per heavy atom. The van der Waals surface area contributed by atoms with Gasteiger partial charge in [-0.3, -0.25) is 4.79 Å². The summed E-state index contributed by atoms with van der Waals surface area (Å²) >= 11 is 1.55. The Bertz CT molecular complexity index is 734. The van der Waals surface area contributed by atoms with E-state index >= 15 is 0 Å². The van der Waals surface area contributed by atoms with Gasteiger partial charge in [0.15, 0.2) is 0 Å². The molecule has 5 heteroatoms. The molecular formula is C20H25NO3S. The van der Waals surface area contributed by atoms with Crippen LogP contribution in [0.4, 0.5) is 0 Å². The lowest BCUT2D eigenvalue weighted by Crippen LogP contribution is -2.36. The average Bonchev–Trinajstić information content (AvgIpc) is 3.24. The van der Waals surface area contributed by atoms with Crippen LogP contribution in [0.3, 0.4) is 0 Å². The smallest absolute Gasteiger partial charge is 0.264 e. The highest BCUT2D eigenvalue weighted by Crippen LogP contribution is 2.26. The summed E-state index contributed by atoms with van der Waals surface area (Å²) in [5, 5.41) is 10.1. The third kappa shape index (κ3) is 4.22. The summed E-state index contributed by atoms with van der Waals surface area (Å²) in [6, 6.07) is 9.21. The number of hydrogen-bond donors (Lipinski definition) is 1. The molecule has 0 aliphatic carbocycles. The van der Waals surface area contributed by atoms with Crippen LogP contribution in [0.15, 0.2) is 30.3 Å². The third-order valence-corrected chi connectivity index (χ3v) is 5.78. The maximum Gasteiger partial charge on any atom is 0.264 e. The molecule has 1 amide bonds. The molecule has 0 bridgehead atoms. The van der Waals surface area contributed by atoms with E-state index in [1.54, 1.807) is 23.5 Å². The fourth-order valence-corrected chi connectivity index (χ4v) is 4.32. The summed E-state index contributed by atoms with van der Waals surface area (Å²) in [5.74, 6) is 0.246. The topological polar surface area (TPSA) is 49.8 Å². The molecule has 1 atom stereocenters. The van der Waals surface area contributed by atoms with Crippen LogP contribution >= 0.6 is 11.3 Å². The first-order valence-electron chi connectivity index (χ1n) is 8.85. The van der Waals surface area contributed by atoms with Gasteiger partial charge in [0.25, 0.3) is 5.91 Å². The number of phenols is 1. The highest BCUT2D eigenvalue weighted by Gasteiger charge is 2.25. The van der Waals surface area contributed by atoms with Gasteiger partial charge in [0.1, 0.15) is 5.75 Å². The van der Waals surface area contributed by atoms with Crippen LogP contribution < -0.4 is 0 Å². The summed E-state index contributed by atoms with van der Waals surface area (Å²) in [5.41, 5.74) is 1.99. The molecule has 4 nitrogen and oxygen atoms in total. The molecule has 1 N–H and O–H groups in total. The number of carbonyl (C=O) groups is 1. The first-order chi connectivity index (χ1) is 12.1. The van der Waals surface area contributed by atoms with E-state index in [2.05, 4.69) is 13.8 Å². The van der Waals surface area contributed by atoms with E-state index in [-0.39, 0.29) is 17.8 Å². The van der Waals surface area contributed by atoms with Gasteiger partial charge in [0, 0.05) is 30.1 Å². The monoisotopic (exact) mass is 359 g/mol. The molecule has 2 aromatic rings. The molecule has 1 unspecified atom stereocenters. The van der Waals surface area contributed by atoms with Crippen molar-refractivity contribution in [2.75, 3.05) is 13.2 Å². The second kappa shape index (κ2) is 8.02. The van der Waals surface area contributed by atoms with Gasteiger partial charge >= 0.3 is 0 Å². The zero-order chi connectivity index (χ0) is 17.8. The van der Waals surface area contributed by atoms with Gasteiger partial charge in [-0.25, -0.2) is 0 Å². The number of amides is 1. The van der Waals surface area contributed by atoms with Crippen molar-refractivity contribution in [3.8, 4) is 5.75 Å². The molecule has 1 aromatic heterocycles. The first kappa shape index (κ1) is 18.0. The Hall–Kier alpha value is -1.85. The molecule has 134 valence electrons. The quantitative estimate of drug-likeness (QED) is 0.843. The van der Waals surface area contributed by atoms with E-state index in [0.717, 1.165) is 36.3 Å². The number of nitrogens with zero attached hydrogens (tertiary/aromatic N) is 1. The number of phenolic OH excluding ortho intramolecular Hbond substituents is 1. The molecule has 0 spiro atoms. The maximum absolute atomic E-state index is 13.1. The molecule has 1 saturated heterocycles. The van der Waals surface area contributed by atoms with Crippen LogP contribution in [-0.4, -0.2) is 35.2 Å². The predicted molar refractivity (Wildman–Crippen MR) is 100 cm³/mol. The third-order valence-electron chi connectivity index (χ3n) is 4.70. The van der Waals surface area contributed by atoms with Gasteiger partial charge in [-0.05, 0) is 43.9 Å². The average molecular weight is 359 g/mol. The van der Waals surface area contributed by atoms with E-state index in [9.17, 15) is 9.90 Å². The second-order valence-corrected chi connectivity index (χ2v) is 7.75. The first-order valence-corrected chi connectivity index (χ1v) is 9.67. The van der Waals surface area contributed by atoms with Gasteiger partial charge in [0.2, 0.25) is 0 Å². The number of benzene rings is 1. The molecule has 1 aliphatic heterocycles. The highest BCUT2D eigenvalue weighted by molar-refractivity contribution is 7.14. The fourth-order valence-electron chi connectivity index (χ4n) is 3.24. The van der Waals surface area contributed by atoms with E-state index in [1.807, 2.05) is 23.1 Å². The number of hydrogen-bond acceptors (Lipinski definition) is 4.